The normalized spacial score (nSPS) is 11.1. The molecular formula is C11H13NO4. The molecule has 0 saturated carbocycles. The maximum absolute atomic E-state index is 11.5. The topological polar surface area (TPSA) is 57.5 Å². The average molecular weight is 223 g/mol. The van der Waals surface area contributed by atoms with E-state index in [2.05, 4.69) is 9.47 Å². The number of aromatic nitrogens is 1. The van der Waals surface area contributed by atoms with Crippen molar-refractivity contribution in [3.8, 4) is 0 Å². The fourth-order valence-electron chi connectivity index (χ4n) is 1.21. The number of carbonyl (C=O) groups excluding carboxylic acids is 2. The summed E-state index contributed by atoms with van der Waals surface area (Å²) in [6, 6.07) is 1.71. The lowest BCUT2D eigenvalue weighted by Gasteiger charge is -2.02. The number of rotatable bonds is 3. The third-order valence-electron chi connectivity index (χ3n) is 2.01. The van der Waals surface area contributed by atoms with Crippen LogP contribution < -0.4 is 0 Å². The molecule has 0 aliphatic rings. The molecule has 0 aromatic carbocycles. The van der Waals surface area contributed by atoms with Crippen LogP contribution in [0.5, 0.6) is 0 Å². The zero-order valence-corrected chi connectivity index (χ0v) is 9.39. The highest BCUT2D eigenvalue weighted by molar-refractivity contribution is 6.20. The van der Waals surface area contributed by atoms with Gasteiger partial charge in [0, 0.05) is 31.1 Å². The van der Waals surface area contributed by atoms with Crippen molar-refractivity contribution in [3.63, 3.8) is 0 Å². The zero-order valence-electron chi connectivity index (χ0n) is 9.39. The van der Waals surface area contributed by atoms with E-state index in [0.717, 1.165) is 6.08 Å². The van der Waals surface area contributed by atoms with E-state index in [9.17, 15) is 9.59 Å². The number of hydrogen-bond donors (Lipinski definition) is 0. The van der Waals surface area contributed by atoms with E-state index in [4.69, 9.17) is 0 Å². The smallest absolute Gasteiger partial charge is 0.338 e. The molecule has 1 aromatic heterocycles. The monoisotopic (exact) mass is 223 g/mol. The second kappa shape index (κ2) is 5.16. The molecule has 0 spiro atoms. The summed E-state index contributed by atoms with van der Waals surface area (Å²) in [6.07, 6.45) is 4.59. The van der Waals surface area contributed by atoms with E-state index in [1.807, 2.05) is 7.05 Å². The van der Waals surface area contributed by atoms with Gasteiger partial charge in [-0.15, -0.1) is 0 Å². The summed E-state index contributed by atoms with van der Waals surface area (Å²) in [5.41, 5.74) is 0.787. The molecule has 16 heavy (non-hydrogen) atoms. The third-order valence-corrected chi connectivity index (χ3v) is 2.01. The molecule has 1 rings (SSSR count). The molecule has 0 fully saturated rings. The molecule has 1 heterocycles. The number of esters is 2. The summed E-state index contributed by atoms with van der Waals surface area (Å²) in [4.78, 5) is 22.6. The highest BCUT2D eigenvalue weighted by Gasteiger charge is 2.15. The van der Waals surface area contributed by atoms with Crippen LogP contribution in [0.25, 0.3) is 5.57 Å². The van der Waals surface area contributed by atoms with Crippen molar-refractivity contribution in [2.24, 2.45) is 7.05 Å². The average Bonchev–Trinajstić information content (AvgIpc) is 2.71. The molecular weight excluding hydrogens is 210 g/mol. The highest BCUT2D eigenvalue weighted by Crippen LogP contribution is 2.16. The molecule has 0 aliphatic heterocycles. The van der Waals surface area contributed by atoms with Gasteiger partial charge in [-0.3, -0.25) is 0 Å². The van der Waals surface area contributed by atoms with Gasteiger partial charge in [-0.2, -0.15) is 0 Å². The molecule has 1 aromatic rings. The van der Waals surface area contributed by atoms with E-state index in [1.165, 1.54) is 14.2 Å². The Kier molecular flexibility index (Phi) is 3.88. The van der Waals surface area contributed by atoms with Crippen molar-refractivity contribution < 1.29 is 19.1 Å². The molecule has 0 saturated heterocycles. The molecule has 0 radical (unpaired) electrons. The van der Waals surface area contributed by atoms with Gasteiger partial charge in [0.15, 0.2) is 0 Å². The van der Waals surface area contributed by atoms with Crippen LogP contribution in [0.15, 0.2) is 24.5 Å². The summed E-state index contributed by atoms with van der Waals surface area (Å²) >= 11 is 0. The van der Waals surface area contributed by atoms with Gasteiger partial charge in [0.25, 0.3) is 0 Å². The van der Waals surface area contributed by atoms with Crippen molar-refractivity contribution in [3.05, 3.63) is 30.1 Å². The van der Waals surface area contributed by atoms with Gasteiger partial charge in [-0.1, -0.05) is 0 Å². The van der Waals surface area contributed by atoms with E-state index in [1.54, 1.807) is 23.0 Å². The number of carbonyl (C=O) groups is 2. The second-order valence-corrected chi connectivity index (χ2v) is 3.14. The SMILES string of the molecule is COC(=O)/C=C(\C(=O)OC)c1ccn(C)c1. The Bertz CT molecular complexity index is 431. The molecule has 0 bridgehead atoms. The van der Waals surface area contributed by atoms with Crippen molar-refractivity contribution in [1.82, 2.24) is 4.57 Å². The van der Waals surface area contributed by atoms with Crippen molar-refractivity contribution in [2.75, 3.05) is 14.2 Å². The highest BCUT2D eigenvalue weighted by atomic mass is 16.5. The van der Waals surface area contributed by atoms with E-state index in [-0.39, 0.29) is 5.57 Å². The first kappa shape index (κ1) is 12.0. The Morgan fingerprint density at radius 3 is 2.44 bits per heavy atom. The van der Waals surface area contributed by atoms with Crippen LogP contribution in [0.2, 0.25) is 0 Å². The predicted octanol–water partition coefficient (Wildman–Crippen LogP) is 0.754. The summed E-state index contributed by atoms with van der Waals surface area (Å²) in [5.74, 6) is -1.17. The van der Waals surface area contributed by atoms with Gasteiger partial charge in [0.05, 0.1) is 19.8 Å². The Morgan fingerprint density at radius 1 is 1.31 bits per heavy atom. The zero-order chi connectivity index (χ0) is 12.1. The van der Waals surface area contributed by atoms with Crippen molar-refractivity contribution in [1.29, 1.82) is 0 Å². The van der Waals surface area contributed by atoms with E-state index >= 15 is 0 Å². The van der Waals surface area contributed by atoms with Gasteiger partial charge in [0.2, 0.25) is 0 Å². The Labute approximate surface area is 93.3 Å². The molecule has 86 valence electrons. The number of nitrogens with zero attached hydrogens (tertiary/aromatic N) is 1. The van der Waals surface area contributed by atoms with Crippen LogP contribution in [0.4, 0.5) is 0 Å². The van der Waals surface area contributed by atoms with Crippen LogP contribution in [-0.4, -0.2) is 30.7 Å². The van der Waals surface area contributed by atoms with Crippen LogP contribution in [-0.2, 0) is 26.1 Å². The predicted molar refractivity (Wildman–Crippen MR) is 57.4 cm³/mol. The summed E-state index contributed by atoms with van der Waals surface area (Å²) in [5, 5.41) is 0. The first-order valence-electron chi connectivity index (χ1n) is 4.58. The number of methoxy groups -OCH3 is 2. The maximum atomic E-state index is 11.5. The van der Waals surface area contributed by atoms with Crippen LogP contribution in [0.1, 0.15) is 5.56 Å². The lowest BCUT2D eigenvalue weighted by atomic mass is 10.1. The minimum atomic E-state index is -0.593. The third kappa shape index (κ3) is 2.73. The van der Waals surface area contributed by atoms with Crippen molar-refractivity contribution in [2.45, 2.75) is 0 Å². The molecule has 0 aliphatic carbocycles. The van der Waals surface area contributed by atoms with Crippen LogP contribution in [0, 0.1) is 0 Å². The van der Waals surface area contributed by atoms with E-state index < -0.39 is 11.9 Å². The van der Waals surface area contributed by atoms with Crippen LogP contribution in [0.3, 0.4) is 0 Å². The first-order valence-corrected chi connectivity index (χ1v) is 4.58. The molecule has 5 heteroatoms. The number of ether oxygens (including phenoxy) is 2. The van der Waals surface area contributed by atoms with Gasteiger partial charge in [0.1, 0.15) is 0 Å². The van der Waals surface area contributed by atoms with Gasteiger partial charge in [-0.25, -0.2) is 9.59 Å². The number of hydrogen-bond acceptors (Lipinski definition) is 4. The summed E-state index contributed by atoms with van der Waals surface area (Å²) < 4.78 is 10.8. The first-order chi connectivity index (χ1) is 7.58. The standard InChI is InChI=1S/C11H13NO4/c1-12-5-4-8(7-12)9(11(14)16-3)6-10(13)15-2/h4-7H,1-3H3/b9-6-. The molecule has 0 unspecified atom stereocenters. The summed E-state index contributed by atoms with van der Waals surface area (Å²) in [7, 11) is 4.33. The van der Waals surface area contributed by atoms with Crippen LogP contribution >= 0.6 is 0 Å². The van der Waals surface area contributed by atoms with E-state index in [0.29, 0.717) is 5.56 Å². The minimum Gasteiger partial charge on any atom is -0.466 e. The maximum Gasteiger partial charge on any atom is 0.338 e. The lowest BCUT2D eigenvalue weighted by molar-refractivity contribution is -0.136. The van der Waals surface area contributed by atoms with Gasteiger partial charge < -0.3 is 14.0 Å². The Morgan fingerprint density at radius 2 is 2.00 bits per heavy atom. The fraction of sp³-hybridized carbons (Fsp3) is 0.273. The summed E-state index contributed by atoms with van der Waals surface area (Å²) in [6.45, 7) is 0. The minimum absolute atomic E-state index is 0.176. The Hall–Kier alpha value is -2.04. The Balaban J connectivity index is 3.10. The fourth-order valence-corrected chi connectivity index (χ4v) is 1.21. The largest absolute Gasteiger partial charge is 0.466 e. The van der Waals surface area contributed by atoms with Crippen molar-refractivity contribution >= 4 is 17.5 Å². The second-order valence-electron chi connectivity index (χ2n) is 3.14. The van der Waals surface area contributed by atoms with Gasteiger partial charge in [-0.05, 0) is 6.07 Å². The molecule has 0 amide bonds. The quantitative estimate of drug-likeness (QED) is 0.560. The molecule has 0 N–H and O–H groups in total. The van der Waals surface area contributed by atoms with Gasteiger partial charge >= 0.3 is 11.9 Å². The number of aryl methyl sites for hydroxylation is 1. The molecule has 5 nitrogen and oxygen atoms in total. The lowest BCUT2D eigenvalue weighted by Crippen LogP contribution is -2.07. The molecule has 0 atom stereocenters.